The van der Waals surface area contributed by atoms with Gasteiger partial charge in [-0.25, -0.2) is 0 Å². The SMILES string of the molecule is COc1ccc(OCC(O)CSc2nnc(-c3ccc(Cl)cc3)n2Cc2ccco2)cc1. The number of hydrogen-bond acceptors (Lipinski definition) is 7. The number of rotatable bonds is 10. The summed E-state index contributed by atoms with van der Waals surface area (Å²) >= 11 is 7.43. The van der Waals surface area contributed by atoms with Crippen molar-refractivity contribution in [1.82, 2.24) is 14.8 Å². The van der Waals surface area contributed by atoms with Crippen LogP contribution in [-0.2, 0) is 6.54 Å². The number of methoxy groups -OCH3 is 1. The molecule has 0 saturated heterocycles. The van der Waals surface area contributed by atoms with Gasteiger partial charge in [-0.2, -0.15) is 0 Å². The molecule has 0 aliphatic heterocycles. The van der Waals surface area contributed by atoms with E-state index in [4.69, 9.17) is 25.5 Å². The zero-order valence-corrected chi connectivity index (χ0v) is 18.9. The molecular formula is C23H22ClN3O4S. The van der Waals surface area contributed by atoms with Crippen LogP contribution in [0.3, 0.4) is 0 Å². The highest BCUT2D eigenvalue weighted by molar-refractivity contribution is 7.99. The second-order valence-corrected chi connectivity index (χ2v) is 8.35. The summed E-state index contributed by atoms with van der Waals surface area (Å²) in [4.78, 5) is 0. The van der Waals surface area contributed by atoms with Gasteiger partial charge in [-0.3, -0.25) is 4.57 Å². The van der Waals surface area contributed by atoms with E-state index in [1.807, 2.05) is 53.1 Å². The van der Waals surface area contributed by atoms with E-state index in [-0.39, 0.29) is 6.61 Å². The van der Waals surface area contributed by atoms with E-state index < -0.39 is 6.10 Å². The molecule has 1 atom stereocenters. The van der Waals surface area contributed by atoms with Gasteiger partial charge in [0.2, 0.25) is 0 Å². The van der Waals surface area contributed by atoms with Crippen molar-refractivity contribution in [2.24, 2.45) is 0 Å². The molecule has 0 saturated carbocycles. The highest BCUT2D eigenvalue weighted by Gasteiger charge is 2.17. The second-order valence-electron chi connectivity index (χ2n) is 6.93. The smallest absolute Gasteiger partial charge is 0.192 e. The van der Waals surface area contributed by atoms with Gasteiger partial charge in [0.15, 0.2) is 11.0 Å². The highest BCUT2D eigenvalue weighted by Crippen LogP contribution is 2.27. The summed E-state index contributed by atoms with van der Waals surface area (Å²) in [5, 5.41) is 20.4. The molecule has 2 heterocycles. The summed E-state index contributed by atoms with van der Waals surface area (Å²) in [5.41, 5.74) is 0.892. The lowest BCUT2D eigenvalue weighted by molar-refractivity contribution is 0.126. The molecule has 166 valence electrons. The van der Waals surface area contributed by atoms with E-state index in [0.717, 1.165) is 17.1 Å². The number of halogens is 1. The molecule has 1 N–H and O–H groups in total. The van der Waals surface area contributed by atoms with Crippen molar-refractivity contribution >= 4 is 23.4 Å². The highest BCUT2D eigenvalue weighted by atomic mass is 35.5. The van der Waals surface area contributed by atoms with Crippen LogP contribution in [0.15, 0.2) is 76.5 Å². The Kier molecular flexibility index (Phi) is 7.36. The average molecular weight is 472 g/mol. The monoisotopic (exact) mass is 471 g/mol. The molecule has 0 radical (unpaired) electrons. The molecule has 0 amide bonds. The van der Waals surface area contributed by atoms with E-state index in [2.05, 4.69) is 10.2 Å². The van der Waals surface area contributed by atoms with Crippen molar-refractivity contribution in [2.45, 2.75) is 17.8 Å². The standard InChI is InChI=1S/C23H22ClN3O4S/c1-29-19-8-10-20(11-9-19)31-14-18(28)15-32-23-26-25-22(16-4-6-17(24)7-5-16)27(23)13-21-3-2-12-30-21/h2-12,18,28H,13-15H2,1H3. The molecule has 32 heavy (non-hydrogen) atoms. The van der Waals surface area contributed by atoms with Gasteiger partial charge in [0.25, 0.3) is 0 Å². The second kappa shape index (κ2) is 10.6. The van der Waals surface area contributed by atoms with E-state index in [1.165, 1.54) is 11.8 Å². The van der Waals surface area contributed by atoms with Crippen molar-refractivity contribution in [1.29, 1.82) is 0 Å². The van der Waals surface area contributed by atoms with Crippen LogP contribution in [-0.4, -0.2) is 45.4 Å². The summed E-state index contributed by atoms with van der Waals surface area (Å²) in [7, 11) is 1.61. The third-order valence-corrected chi connectivity index (χ3v) is 5.98. The van der Waals surface area contributed by atoms with Crippen LogP contribution >= 0.6 is 23.4 Å². The van der Waals surface area contributed by atoms with E-state index in [0.29, 0.717) is 34.1 Å². The summed E-state index contributed by atoms with van der Waals surface area (Å²) in [6.07, 6.45) is 0.948. The number of aliphatic hydroxyl groups is 1. The Bertz CT molecular complexity index is 1120. The van der Waals surface area contributed by atoms with Gasteiger partial charge in [-0.05, 0) is 60.7 Å². The topological polar surface area (TPSA) is 82.5 Å². The Morgan fingerprint density at radius 3 is 2.50 bits per heavy atom. The molecular weight excluding hydrogens is 450 g/mol. The molecule has 2 aromatic carbocycles. The summed E-state index contributed by atoms with van der Waals surface area (Å²) < 4.78 is 18.3. The van der Waals surface area contributed by atoms with Crippen molar-refractivity contribution in [3.63, 3.8) is 0 Å². The number of thioether (sulfide) groups is 1. The normalized spacial score (nSPS) is 12.0. The van der Waals surface area contributed by atoms with Crippen LogP contribution in [0, 0.1) is 0 Å². The molecule has 4 rings (SSSR count). The lowest BCUT2D eigenvalue weighted by Gasteiger charge is -2.13. The van der Waals surface area contributed by atoms with Gasteiger partial charge in [-0.15, -0.1) is 10.2 Å². The van der Waals surface area contributed by atoms with Gasteiger partial charge in [0.05, 0.1) is 26.0 Å². The van der Waals surface area contributed by atoms with Crippen molar-refractivity contribution < 1.29 is 19.0 Å². The number of furan rings is 1. The maximum atomic E-state index is 10.4. The summed E-state index contributed by atoms with van der Waals surface area (Å²) in [5.74, 6) is 3.30. The van der Waals surface area contributed by atoms with Gasteiger partial charge < -0.3 is 19.0 Å². The van der Waals surface area contributed by atoms with Gasteiger partial charge in [-0.1, -0.05) is 23.4 Å². The lowest BCUT2D eigenvalue weighted by atomic mass is 10.2. The Labute approximate surface area is 194 Å². The molecule has 0 aliphatic carbocycles. The lowest BCUT2D eigenvalue weighted by Crippen LogP contribution is -2.20. The number of nitrogens with zero attached hydrogens (tertiary/aromatic N) is 3. The molecule has 9 heteroatoms. The molecule has 0 fully saturated rings. The fourth-order valence-corrected chi connectivity index (χ4v) is 3.96. The average Bonchev–Trinajstić information content (AvgIpc) is 3.48. The quantitative estimate of drug-likeness (QED) is 0.333. The van der Waals surface area contributed by atoms with Gasteiger partial charge in [0.1, 0.15) is 23.9 Å². The number of aromatic nitrogens is 3. The van der Waals surface area contributed by atoms with E-state index in [1.54, 1.807) is 25.5 Å². The Morgan fingerprint density at radius 2 is 1.81 bits per heavy atom. The first kappa shape index (κ1) is 22.3. The fraction of sp³-hybridized carbons (Fsp3) is 0.217. The predicted octanol–water partition coefficient (Wildman–Crippen LogP) is 4.78. The minimum atomic E-state index is -0.685. The summed E-state index contributed by atoms with van der Waals surface area (Å²) in [6.45, 7) is 0.633. The van der Waals surface area contributed by atoms with Crippen molar-refractivity contribution in [2.75, 3.05) is 19.5 Å². The third-order valence-electron chi connectivity index (χ3n) is 4.62. The largest absolute Gasteiger partial charge is 0.497 e. The number of benzene rings is 2. The molecule has 0 aliphatic rings. The minimum Gasteiger partial charge on any atom is -0.497 e. The van der Waals surface area contributed by atoms with Crippen molar-refractivity contribution in [3.05, 3.63) is 77.7 Å². The zero-order chi connectivity index (χ0) is 22.3. The van der Waals surface area contributed by atoms with Crippen LogP contribution < -0.4 is 9.47 Å². The van der Waals surface area contributed by atoms with Crippen LogP contribution in [0.2, 0.25) is 5.02 Å². The van der Waals surface area contributed by atoms with Crippen LogP contribution in [0.5, 0.6) is 11.5 Å². The third kappa shape index (κ3) is 5.64. The minimum absolute atomic E-state index is 0.162. The van der Waals surface area contributed by atoms with Crippen LogP contribution in [0.25, 0.3) is 11.4 Å². The summed E-state index contributed by atoms with van der Waals surface area (Å²) in [6, 6.07) is 18.4. The van der Waals surface area contributed by atoms with E-state index >= 15 is 0 Å². The first-order chi connectivity index (χ1) is 15.6. The number of ether oxygens (including phenoxy) is 2. The zero-order valence-electron chi connectivity index (χ0n) is 17.3. The van der Waals surface area contributed by atoms with Gasteiger partial charge in [0, 0.05) is 16.3 Å². The molecule has 0 bridgehead atoms. The Morgan fingerprint density at radius 1 is 1.06 bits per heavy atom. The Hall–Kier alpha value is -2.94. The maximum absolute atomic E-state index is 10.4. The van der Waals surface area contributed by atoms with Crippen molar-refractivity contribution in [3.8, 4) is 22.9 Å². The van der Waals surface area contributed by atoms with Gasteiger partial charge >= 0.3 is 0 Å². The first-order valence-corrected chi connectivity index (χ1v) is 11.3. The first-order valence-electron chi connectivity index (χ1n) is 9.91. The van der Waals surface area contributed by atoms with Crippen LogP contribution in [0.4, 0.5) is 0 Å². The molecule has 7 nitrogen and oxygen atoms in total. The number of hydrogen-bond donors (Lipinski definition) is 1. The number of aliphatic hydroxyl groups excluding tert-OH is 1. The Balaban J connectivity index is 1.43. The fourth-order valence-electron chi connectivity index (χ4n) is 2.99. The molecule has 2 aromatic heterocycles. The molecule has 4 aromatic rings. The maximum Gasteiger partial charge on any atom is 0.192 e. The molecule has 1 unspecified atom stereocenters. The van der Waals surface area contributed by atoms with E-state index in [9.17, 15) is 5.11 Å². The predicted molar refractivity (Wildman–Crippen MR) is 123 cm³/mol. The molecule has 0 spiro atoms. The van der Waals surface area contributed by atoms with Crippen LogP contribution in [0.1, 0.15) is 5.76 Å².